The summed E-state index contributed by atoms with van der Waals surface area (Å²) in [6.07, 6.45) is 1.08. The molecule has 1 rings (SSSR count). The summed E-state index contributed by atoms with van der Waals surface area (Å²) < 4.78 is 0. The van der Waals surface area contributed by atoms with E-state index in [2.05, 4.69) is 25.2 Å². The predicted molar refractivity (Wildman–Crippen MR) is 68.6 cm³/mol. The van der Waals surface area contributed by atoms with Crippen molar-refractivity contribution in [2.45, 2.75) is 40.0 Å². The van der Waals surface area contributed by atoms with E-state index in [1.807, 2.05) is 32.0 Å². The van der Waals surface area contributed by atoms with E-state index in [0.29, 0.717) is 5.92 Å². The minimum atomic E-state index is 0.0185. The van der Waals surface area contributed by atoms with Gasteiger partial charge >= 0.3 is 0 Å². The lowest BCUT2D eigenvalue weighted by molar-refractivity contribution is -0.118. The fraction of sp³-hybridized carbons (Fsp3) is 0.500. The molecule has 0 spiro atoms. The van der Waals surface area contributed by atoms with E-state index in [1.54, 1.807) is 0 Å². The van der Waals surface area contributed by atoms with E-state index in [9.17, 15) is 4.79 Å². The molecule has 1 aromatic rings. The number of carbonyl (C=O) groups is 1. The van der Waals surface area contributed by atoms with Crippen molar-refractivity contribution in [2.75, 3.05) is 5.32 Å². The Hall–Kier alpha value is -1.31. The van der Waals surface area contributed by atoms with Crippen molar-refractivity contribution < 1.29 is 4.79 Å². The number of rotatable bonds is 4. The first kappa shape index (κ1) is 12.8. The lowest BCUT2D eigenvalue weighted by Crippen LogP contribution is -2.19. The van der Waals surface area contributed by atoms with Gasteiger partial charge in [0.2, 0.25) is 5.91 Å². The smallest absolute Gasteiger partial charge is 0.226 e. The van der Waals surface area contributed by atoms with Crippen LogP contribution in [0.1, 0.15) is 45.6 Å². The average molecular weight is 219 g/mol. The lowest BCUT2D eigenvalue weighted by atomic mass is 9.96. The molecule has 16 heavy (non-hydrogen) atoms. The molecule has 88 valence electrons. The van der Waals surface area contributed by atoms with Crippen molar-refractivity contribution in [3.8, 4) is 0 Å². The van der Waals surface area contributed by atoms with Gasteiger partial charge in [0, 0.05) is 11.6 Å². The molecule has 0 fully saturated rings. The van der Waals surface area contributed by atoms with Gasteiger partial charge in [-0.25, -0.2) is 0 Å². The fourth-order valence-electron chi connectivity index (χ4n) is 1.54. The SMILES string of the molecule is CCC(C)c1ccccc1NC(=O)C(C)C. The van der Waals surface area contributed by atoms with Gasteiger partial charge < -0.3 is 5.32 Å². The number of para-hydroxylation sites is 1. The van der Waals surface area contributed by atoms with Crippen molar-refractivity contribution >= 4 is 11.6 Å². The van der Waals surface area contributed by atoms with Crippen molar-refractivity contribution in [1.29, 1.82) is 0 Å². The molecule has 0 saturated carbocycles. The van der Waals surface area contributed by atoms with E-state index in [1.165, 1.54) is 5.56 Å². The quantitative estimate of drug-likeness (QED) is 0.820. The minimum absolute atomic E-state index is 0.0185. The van der Waals surface area contributed by atoms with Crippen LogP contribution in [0.15, 0.2) is 24.3 Å². The lowest BCUT2D eigenvalue weighted by Gasteiger charge is -2.16. The van der Waals surface area contributed by atoms with Gasteiger partial charge in [-0.1, -0.05) is 45.9 Å². The van der Waals surface area contributed by atoms with Crippen LogP contribution in [0.5, 0.6) is 0 Å². The van der Waals surface area contributed by atoms with Crippen LogP contribution in [0.2, 0.25) is 0 Å². The second-order valence-electron chi connectivity index (χ2n) is 4.54. The molecule has 1 aromatic carbocycles. The number of anilines is 1. The van der Waals surface area contributed by atoms with Gasteiger partial charge in [0.15, 0.2) is 0 Å². The Bertz CT molecular complexity index is 358. The first-order valence-corrected chi connectivity index (χ1v) is 5.96. The van der Waals surface area contributed by atoms with Gasteiger partial charge in [0.25, 0.3) is 0 Å². The molecular weight excluding hydrogens is 198 g/mol. The number of amides is 1. The van der Waals surface area contributed by atoms with Crippen LogP contribution in [-0.2, 0) is 4.79 Å². The van der Waals surface area contributed by atoms with Crippen molar-refractivity contribution in [3.05, 3.63) is 29.8 Å². The van der Waals surface area contributed by atoms with E-state index < -0.39 is 0 Å². The third kappa shape index (κ3) is 3.09. The summed E-state index contributed by atoms with van der Waals surface area (Å²) in [7, 11) is 0. The Morgan fingerprint density at radius 3 is 2.44 bits per heavy atom. The van der Waals surface area contributed by atoms with Crippen molar-refractivity contribution in [2.24, 2.45) is 5.92 Å². The topological polar surface area (TPSA) is 29.1 Å². The molecule has 0 aromatic heterocycles. The standard InChI is InChI=1S/C14H21NO/c1-5-11(4)12-8-6-7-9-13(12)15-14(16)10(2)3/h6-11H,5H2,1-4H3,(H,15,16). The maximum atomic E-state index is 11.7. The molecule has 0 aliphatic heterocycles. The number of hydrogen-bond donors (Lipinski definition) is 1. The van der Waals surface area contributed by atoms with Crippen LogP contribution in [0.25, 0.3) is 0 Å². The largest absolute Gasteiger partial charge is 0.326 e. The van der Waals surface area contributed by atoms with Crippen molar-refractivity contribution in [1.82, 2.24) is 0 Å². The summed E-state index contributed by atoms with van der Waals surface area (Å²) in [5, 5.41) is 2.99. The van der Waals surface area contributed by atoms with Crippen LogP contribution in [0.4, 0.5) is 5.69 Å². The van der Waals surface area contributed by atoms with Crippen LogP contribution < -0.4 is 5.32 Å². The Balaban J connectivity index is 2.91. The zero-order chi connectivity index (χ0) is 12.1. The molecular formula is C14H21NO. The van der Waals surface area contributed by atoms with E-state index in [4.69, 9.17) is 0 Å². The zero-order valence-corrected chi connectivity index (χ0v) is 10.6. The summed E-state index contributed by atoms with van der Waals surface area (Å²) in [4.78, 5) is 11.7. The maximum absolute atomic E-state index is 11.7. The predicted octanol–water partition coefficient (Wildman–Crippen LogP) is 3.79. The second kappa shape index (κ2) is 5.69. The monoisotopic (exact) mass is 219 g/mol. The number of hydrogen-bond acceptors (Lipinski definition) is 1. The molecule has 2 heteroatoms. The van der Waals surface area contributed by atoms with E-state index in [-0.39, 0.29) is 11.8 Å². The summed E-state index contributed by atoms with van der Waals surface area (Å²) >= 11 is 0. The highest BCUT2D eigenvalue weighted by Gasteiger charge is 2.12. The molecule has 0 radical (unpaired) electrons. The first-order chi connectivity index (χ1) is 7.56. The van der Waals surface area contributed by atoms with Gasteiger partial charge in [-0.3, -0.25) is 4.79 Å². The Morgan fingerprint density at radius 1 is 1.25 bits per heavy atom. The van der Waals surface area contributed by atoms with Crippen LogP contribution in [0, 0.1) is 5.92 Å². The molecule has 1 atom stereocenters. The second-order valence-corrected chi connectivity index (χ2v) is 4.54. The Labute approximate surface area is 98.1 Å². The fourth-order valence-corrected chi connectivity index (χ4v) is 1.54. The molecule has 2 nitrogen and oxygen atoms in total. The third-order valence-electron chi connectivity index (χ3n) is 2.89. The highest BCUT2D eigenvalue weighted by Crippen LogP contribution is 2.26. The number of nitrogens with one attached hydrogen (secondary N) is 1. The summed E-state index contributed by atoms with van der Waals surface area (Å²) in [6, 6.07) is 8.04. The van der Waals surface area contributed by atoms with Gasteiger partial charge in [0.05, 0.1) is 0 Å². The van der Waals surface area contributed by atoms with Crippen LogP contribution >= 0.6 is 0 Å². The van der Waals surface area contributed by atoms with Gasteiger partial charge in [-0.05, 0) is 24.0 Å². The van der Waals surface area contributed by atoms with Gasteiger partial charge in [-0.2, -0.15) is 0 Å². The normalized spacial score (nSPS) is 12.6. The molecule has 0 aliphatic carbocycles. The summed E-state index contributed by atoms with van der Waals surface area (Å²) in [5.41, 5.74) is 2.18. The zero-order valence-electron chi connectivity index (χ0n) is 10.6. The third-order valence-corrected chi connectivity index (χ3v) is 2.89. The molecule has 1 unspecified atom stereocenters. The number of benzene rings is 1. The van der Waals surface area contributed by atoms with E-state index in [0.717, 1.165) is 12.1 Å². The molecule has 0 heterocycles. The first-order valence-electron chi connectivity index (χ1n) is 5.96. The minimum Gasteiger partial charge on any atom is -0.326 e. The van der Waals surface area contributed by atoms with Crippen molar-refractivity contribution in [3.63, 3.8) is 0 Å². The van der Waals surface area contributed by atoms with Crippen LogP contribution in [0.3, 0.4) is 0 Å². The maximum Gasteiger partial charge on any atom is 0.226 e. The highest BCUT2D eigenvalue weighted by atomic mass is 16.1. The molecule has 1 N–H and O–H groups in total. The molecule has 1 amide bonds. The molecule has 0 bridgehead atoms. The number of carbonyl (C=O) groups excluding carboxylic acids is 1. The average Bonchev–Trinajstić information content (AvgIpc) is 2.28. The Kier molecular flexibility index (Phi) is 4.53. The highest BCUT2D eigenvalue weighted by molar-refractivity contribution is 5.92. The van der Waals surface area contributed by atoms with E-state index >= 15 is 0 Å². The van der Waals surface area contributed by atoms with Gasteiger partial charge in [0.1, 0.15) is 0 Å². The van der Waals surface area contributed by atoms with Crippen LogP contribution in [-0.4, -0.2) is 5.91 Å². The molecule has 0 saturated heterocycles. The summed E-state index contributed by atoms with van der Waals surface area (Å²) in [6.45, 7) is 8.15. The Morgan fingerprint density at radius 2 is 1.88 bits per heavy atom. The molecule has 0 aliphatic rings. The summed E-state index contributed by atoms with van der Waals surface area (Å²) in [5.74, 6) is 0.574. The van der Waals surface area contributed by atoms with Gasteiger partial charge in [-0.15, -0.1) is 0 Å².